The van der Waals surface area contributed by atoms with Gasteiger partial charge in [0.05, 0.1) is 27.9 Å². The Balaban J connectivity index is 1.14. The molecule has 184 valence electrons. The average molecular weight is 526 g/mol. The number of amides is 5. The van der Waals surface area contributed by atoms with Crippen molar-refractivity contribution in [3.8, 4) is 0 Å². The summed E-state index contributed by atoms with van der Waals surface area (Å²) in [4.78, 5) is 62.8. The lowest BCUT2D eigenvalue weighted by atomic mass is 10.1. The number of thiophene rings is 1. The van der Waals surface area contributed by atoms with Crippen molar-refractivity contribution in [2.75, 3.05) is 37.6 Å². The van der Waals surface area contributed by atoms with Gasteiger partial charge in [0.1, 0.15) is 0 Å². The van der Waals surface area contributed by atoms with Crippen LogP contribution in [0.3, 0.4) is 0 Å². The number of benzene rings is 1. The number of carbonyl (C=O) groups is 4. The number of nitrogens with zero attached hydrogens (tertiary/aromatic N) is 6. The predicted octanol–water partition coefficient (Wildman–Crippen LogP) is 2.12. The second-order valence-corrected chi connectivity index (χ2v) is 10.00. The quantitative estimate of drug-likeness (QED) is 0.406. The van der Waals surface area contributed by atoms with Crippen molar-refractivity contribution >= 4 is 62.7 Å². The van der Waals surface area contributed by atoms with Crippen molar-refractivity contribution in [2.45, 2.75) is 13.0 Å². The van der Waals surface area contributed by atoms with E-state index in [-0.39, 0.29) is 29.4 Å². The molecule has 1 aromatic carbocycles. The monoisotopic (exact) mass is 525 g/mol. The molecular formula is C23H20ClN7O4S. The van der Waals surface area contributed by atoms with Gasteiger partial charge in [0, 0.05) is 39.1 Å². The fourth-order valence-electron chi connectivity index (χ4n) is 4.75. The van der Waals surface area contributed by atoms with Crippen LogP contribution in [-0.2, 0) is 11.3 Å². The van der Waals surface area contributed by atoms with Crippen molar-refractivity contribution in [3.05, 3.63) is 51.6 Å². The summed E-state index contributed by atoms with van der Waals surface area (Å²) in [5, 5.41) is 6.18. The molecule has 0 spiro atoms. The van der Waals surface area contributed by atoms with Crippen LogP contribution >= 0.6 is 22.9 Å². The Hall–Kier alpha value is -3.61. The summed E-state index contributed by atoms with van der Waals surface area (Å²) in [5.41, 5.74) is 2.25. The molecule has 0 saturated carbocycles. The Morgan fingerprint density at radius 2 is 1.72 bits per heavy atom. The Morgan fingerprint density at radius 1 is 0.944 bits per heavy atom. The van der Waals surface area contributed by atoms with Crippen LogP contribution < -0.4 is 10.2 Å². The largest absolute Gasteiger partial charge is 0.353 e. The van der Waals surface area contributed by atoms with Gasteiger partial charge < -0.3 is 4.90 Å². The number of rotatable bonds is 4. The Labute approximate surface area is 214 Å². The van der Waals surface area contributed by atoms with Gasteiger partial charge in [-0.15, -0.1) is 11.3 Å². The summed E-state index contributed by atoms with van der Waals surface area (Å²) >= 11 is 7.72. The first kappa shape index (κ1) is 22.8. The molecule has 6 rings (SSSR count). The molecule has 13 heteroatoms. The lowest BCUT2D eigenvalue weighted by molar-refractivity contribution is -0.122. The molecule has 2 saturated heterocycles. The third kappa shape index (κ3) is 3.87. The van der Waals surface area contributed by atoms with Crippen LogP contribution in [-0.4, -0.2) is 81.4 Å². The van der Waals surface area contributed by atoms with Crippen molar-refractivity contribution in [3.63, 3.8) is 0 Å². The normalized spacial score (nSPS) is 18.9. The molecule has 3 aromatic rings. The van der Waals surface area contributed by atoms with Gasteiger partial charge >= 0.3 is 6.03 Å². The van der Waals surface area contributed by atoms with Crippen LogP contribution in [0.15, 0.2) is 29.6 Å². The smallest absolute Gasteiger partial charge is 0.343 e. The minimum absolute atomic E-state index is 0.0234. The van der Waals surface area contributed by atoms with E-state index in [1.165, 1.54) is 0 Å². The highest BCUT2D eigenvalue weighted by Crippen LogP contribution is 2.31. The fourth-order valence-corrected chi connectivity index (χ4v) is 5.77. The van der Waals surface area contributed by atoms with Gasteiger partial charge in [0.15, 0.2) is 5.82 Å². The fraction of sp³-hybridized carbons (Fsp3) is 0.304. The van der Waals surface area contributed by atoms with Crippen LogP contribution in [0.1, 0.15) is 32.7 Å². The molecule has 36 heavy (non-hydrogen) atoms. The first-order valence-corrected chi connectivity index (χ1v) is 12.7. The molecule has 0 radical (unpaired) electrons. The average Bonchev–Trinajstić information content (AvgIpc) is 3.42. The summed E-state index contributed by atoms with van der Waals surface area (Å²) in [7, 11) is 0. The molecule has 3 aliphatic heterocycles. The van der Waals surface area contributed by atoms with Gasteiger partial charge in [0.25, 0.3) is 11.8 Å². The predicted molar refractivity (Wildman–Crippen MR) is 132 cm³/mol. The van der Waals surface area contributed by atoms with Gasteiger partial charge in [-0.2, -0.15) is 9.99 Å². The second-order valence-electron chi connectivity index (χ2n) is 8.74. The van der Waals surface area contributed by atoms with E-state index in [0.717, 1.165) is 57.8 Å². The number of hydrogen-bond acceptors (Lipinski definition) is 9. The number of halogens is 1. The Morgan fingerprint density at radius 3 is 2.50 bits per heavy atom. The zero-order valence-corrected chi connectivity index (χ0v) is 20.5. The van der Waals surface area contributed by atoms with E-state index in [1.807, 2.05) is 17.5 Å². The summed E-state index contributed by atoms with van der Waals surface area (Å²) in [6.45, 7) is 3.68. The maximum atomic E-state index is 13.0. The highest BCUT2D eigenvalue weighted by atomic mass is 35.5. The number of carbonyl (C=O) groups excluding carboxylic acids is 4. The number of aromatic nitrogens is 2. The molecule has 0 bridgehead atoms. The molecule has 5 heterocycles. The maximum absolute atomic E-state index is 13.0. The number of hydrogen-bond donors (Lipinski definition) is 1. The van der Waals surface area contributed by atoms with Crippen molar-refractivity contribution in [2.24, 2.45) is 0 Å². The molecule has 0 atom stereocenters. The first-order valence-electron chi connectivity index (χ1n) is 11.4. The number of hydrazine groups is 1. The molecule has 2 fully saturated rings. The second kappa shape index (κ2) is 8.80. The van der Waals surface area contributed by atoms with E-state index in [0.29, 0.717) is 6.54 Å². The van der Waals surface area contributed by atoms with Crippen LogP contribution in [0, 0.1) is 0 Å². The van der Waals surface area contributed by atoms with Crippen LogP contribution in [0.5, 0.6) is 0 Å². The number of nitrogens with one attached hydrogen (secondary N) is 1. The SMILES string of the molecule is O=C1CCN(N2C(=O)c3ccc(CN4CCN(c5nc(Cl)nc6ccsc56)CC4)cc3C2=O)C(=O)N1. The summed E-state index contributed by atoms with van der Waals surface area (Å²) in [6.07, 6.45) is 0.0234. The maximum Gasteiger partial charge on any atom is 0.343 e. The molecular weight excluding hydrogens is 506 g/mol. The highest BCUT2D eigenvalue weighted by Gasteiger charge is 2.43. The van der Waals surface area contributed by atoms with Gasteiger partial charge in [-0.25, -0.2) is 14.8 Å². The number of imide groups is 2. The highest BCUT2D eigenvalue weighted by molar-refractivity contribution is 7.17. The Bertz CT molecular complexity index is 1440. The van der Waals surface area contributed by atoms with Crippen LogP contribution in [0.2, 0.25) is 5.28 Å². The lowest BCUT2D eigenvalue weighted by Crippen LogP contribution is -2.58. The zero-order chi connectivity index (χ0) is 25.0. The van der Waals surface area contributed by atoms with E-state index in [9.17, 15) is 19.2 Å². The van der Waals surface area contributed by atoms with E-state index in [1.54, 1.807) is 23.5 Å². The van der Waals surface area contributed by atoms with E-state index < -0.39 is 23.8 Å². The van der Waals surface area contributed by atoms with Gasteiger partial charge in [0.2, 0.25) is 11.2 Å². The molecule has 11 nitrogen and oxygen atoms in total. The van der Waals surface area contributed by atoms with E-state index >= 15 is 0 Å². The molecule has 3 aliphatic rings. The molecule has 5 amide bonds. The Kier molecular flexibility index (Phi) is 5.58. The molecule has 2 aromatic heterocycles. The first-order chi connectivity index (χ1) is 17.4. The van der Waals surface area contributed by atoms with Crippen molar-refractivity contribution in [1.82, 2.24) is 30.2 Å². The number of urea groups is 1. The zero-order valence-electron chi connectivity index (χ0n) is 18.9. The summed E-state index contributed by atoms with van der Waals surface area (Å²) in [5.74, 6) is -0.711. The van der Waals surface area contributed by atoms with Gasteiger partial charge in [-0.05, 0) is 40.7 Å². The minimum atomic E-state index is -0.774. The summed E-state index contributed by atoms with van der Waals surface area (Å²) < 4.78 is 1.02. The third-order valence-electron chi connectivity index (χ3n) is 6.54. The molecule has 0 aliphatic carbocycles. The number of anilines is 1. The number of fused-ring (bicyclic) bond motifs is 2. The van der Waals surface area contributed by atoms with Crippen LogP contribution in [0.25, 0.3) is 10.2 Å². The topological polar surface area (TPSA) is 119 Å². The van der Waals surface area contributed by atoms with E-state index in [2.05, 4.69) is 25.1 Å². The van der Waals surface area contributed by atoms with Crippen molar-refractivity contribution in [1.29, 1.82) is 0 Å². The molecule has 1 N–H and O–H groups in total. The minimum Gasteiger partial charge on any atom is -0.353 e. The lowest BCUT2D eigenvalue weighted by Gasteiger charge is -2.35. The van der Waals surface area contributed by atoms with E-state index in [4.69, 9.17) is 11.6 Å². The van der Waals surface area contributed by atoms with Gasteiger partial charge in [-0.3, -0.25) is 24.6 Å². The standard InChI is InChI=1S/C23H20ClN7O4S/c24-22-25-16-4-10-36-18(16)19(27-22)29-8-6-28(7-9-29)12-13-1-2-14-15(11-13)21(34)31(20(14)33)30-5-3-17(32)26-23(30)35/h1-2,4,10-11H,3,5-9,12H2,(H,26,32,35). The number of piperazine rings is 1. The molecule has 0 unspecified atom stereocenters. The summed E-state index contributed by atoms with van der Waals surface area (Å²) in [6, 6.07) is 6.34. The van der Waals surface area contributed by atoms with Crippen molar-refractivity contribution < 1.29 is 19.2 Å². The third-order valence-corrected chi connectivity index (χ3v) is 7.61. The van der Waals surface area contributed by atoms with Gasteiger partial charge in [-0.1, -0.05) is 6.07 Å². The van der Waals surface area contributed by atoms with Crippen LogP contribution in [0.4, 0.5) is 10.6 Å².